The number of furan rings is 2. The van der Waals surface area contributed by atoms with Crippen molar-refractivity contribution in [2.24, 2.45) is 0 Å². The van der Waals surface area contributed by atoms with Crippen LogP contribution in [-0.2, 0) is 0 Å². The van der Waals surface area contributed by atoms with E-state index in [-0.39, 0.29) is 0 Å². The first-order valence-electron chi connectivity index (χ1n) is 19.2. The van der Waals surface area contributed by atoms with Crippen LogP contribution in [0.1, 0.15) is 0 Å². The Labute approximate surface area is 322 Å². The van der Waals surface area contributed by atoms with Crippen molar-refractivity contribution in [3.8, 4) is 44.5 Å². The summed E-state index contributed by atoms with van der Waals surface area (Å²) in [5.74, 6) is 0. The zero-order valence-electron chi connectivity index (χ0n) is 30.3. The molecule has 0 aliphatic carbocycles. The van der Waals surface area contributed by atoms with Gasteiger partial charge in [-0.2, -0.15) is 0 Å². The molecule has 2 aromatic heterocycles. The van der Waals surface area contributed by atoms with Crippen molar-refractivity contribution in [3.05, 3.63) is 194 Å². The summed E-state index contributed by atoms with van der Waals surface area (Å²) in [6, 6.07) is 70.1. The second kappa shape index (κ2) is 12.0. The van der Waals surface area contributed by atoms with Crippen LogP contribution in [0.25, 0.3) is 121 Å². The van der Waals surface area contributed by atoms with Crippen molar-refractivity contribution in [2.75, 3.05) is 0 Å². The third-order valence-electron chi connectivity index (χ3n) is 11.7. The van der Waals surface area contributed by atoms with E-state index < -0.39 is 0 Å². The summed E-state index contributed by atoms with van der Waals surface area (Å²) in [7, 11) is 0. The minimum Gasteiger partial charge on any atom is -0.452 e. The second-order valence-electron chi connectivity index (χ2n) is 14.8. The van der Waals surface area contributed by atoms with Crippen molar-refractivity contribution >= 4 is 76.2 Å². The summed E-state index contributed by atoms with van der Waals surface area (Å²) < 4.78 is 12.8. The van der Waals surface area contributed by atoms with Gasteiger partial charge in [-0.25, -0.2) is 0 Å². The first-order chi connectivity index (χ1) is 27.8. The highest BCUT2D eigenvalue weighted by molar-refractivity contribution is 6.22. The lowest BCUT2D eigenvalue weighted by Crippen LogP contribution is -1.91. The van der Waals surface area contributed by atoms with Gasteiger partial charge in [-0.1, -0.05) is 152 Å². The number of hydrogen-bond donors (Lipinski definition) is 0. The highest BCUT2D eigenvalue weighted by atomic mass is 16.4. The Hall–Kier alpha value is -7.42. The Morgan fingerprint density at radius 2 is 0.714 bits per heavy atom. The SMILES string of the molecule is c1cc(-c2ccc3oc4c(ccc5c6ccccc6oc54)c3c2)cc(-c2c3ccccc3c(-c3cccc(-c4cccc5ccccc45)c3)c3ccccc23)c1. The molecule has 0 unspecified atom stereocenters. The molecule has 0 saturated heterocycles. The molecule has 0 saturated carbocycles. The fourth-order valence-corrected chi connectivity index (χ4v) is 9.12. The van der Waals surface area contributed by atoms with Gasteiger partial charge in [-0.05, 0) is 119 Å². The van der Waals surface area contributed by atoms with Gasteiger partial charge in [0, 0.05) is 21.5 Å². The first-order valence-corrected chi connectivity index (χ1v) is 19.2. The van der Waals surface area contributed by atoms with Crippen molar-refractivity contribution in [1.82, 2.24) is 0 Å². The van der Waals surface area contributed by atoms with Crippen LogP contribution in [0.15, 0.2) is 203 Å². The quantitative estimate of drug-likeness (QED) is 0.170. The van der Waals surface area contributed by atoms with Crippen molar-refractivity contribution in [3.63, 3.8) is 0 Å². The number of fused-ring (bicyclic) bond motifs is 10. The van der Waals surface area contributed by atoms with Gasteiger partial charge in [0.1, 0.15) is 11.2 Å². The molecule has 0 radical (unpaired) electrons. The fraction of sp³-hybridized carbons (Fsp3) is 0. The van der Waals surface area contributed by atoms with Crippen LogP contribution < -0.4 is 0 Å². The third kappa shape index (κ3) is 4.63. The predicted molar refractivity (Wildman–Crippen MR) is 235 cm³/mol. The van der Waals surface area contributed by atoms with Crippen LogP contribution >= 0.6 is 0 Å². The fourth-order valence-electron chi connectivity index (χ4n) is 9.12. The molecular weight excluding hydrogens is 681 g/mol. The van der Waals surface area contributed by atoms with Crippen LogP contribution in [0.2, 0.25) is 0 Å². The van der Waals surface area contributed by atoms with E-state index >= 15 is 0 Å². The van der Waals surface area contributed by atoms with Crippen LogP contribution in [0.5, 0.6) is 0 Å². The molecule has 0 fully saturated rings. The lowest BCUT2D eigenvalue weighted by Gasteiger charge is -2.19. The molecule has 12 aromatic rings. The normalized spacial score (nSPS) is 11.9. The van der Waals surface area contributed by atoms with Crippen LogP contribution in [-0.4, -0.2) is 0 Å². The molecule has 2 heteroatoms. The number of rotatable bonds is 4. The van der Waals surface area contributed by atoms with E-state index in [0.717, 1.165) is 55.0 Å². The Bertz CT molecular complexity index is 3480. The molecule has 260 valence electrons. The standard InChI is InChI=1S/C54H32O2/c1-2-18-39-33(12-1)13-11-24-40(39)36-15-10-17-38(31-36)52-44-22-5-3-20-42(44)51(43-21-4-6-23-45(43)52)37-16-9-14-34(30-37)35-26-29-50-48(32-35)47-28-27-46-41-19-7-8-25-49(41)55-53(46)54(47)56-50/h1-32H. The van der Waals surface area contributed by atoms with E-state index in [1.165, 1.54) is 65.7 Å². The summed E-state index contributed by atoms with van der Waals surface area (Å²) in [6.45, 7) is 0. The topological polar surface area (TPSA) is 26.3 Å². The third-order valence-corrected chi connectivity index (χ3v) is 11.7. The Balaban J connectivity index is 1.02. The monoisotopic (exact) mass is 712 g/mol. The van der Waals surface area contributed by atoms with Gasteiger partial charge in [0.25, 0.3) is 0 Å². The molecule has 0 amide bonds. The van der Waals surface area contributed by atoms with Crippen LogP contribution in [0.3, 0.4) is 0 Å². The molecule has 0 N–H and O–H groups in total. The summed E-state index contributed by atoms with van der Waals surface area (Å²) in [5, 5.41) is 11.8. The minimum atomic E-state index is 0.792. The Kier molecular flexibility index (Phi) is 6.66. The summed E-state index contributed by atoms with van der Waals surface area (Å²) >= 11 is 0. The molecule has 56 heavy (non-hydrogen) atoms. The number of para-hydroxylation sites is 1. The van der Waals surface area contributed by atoms with Gasteiger partial charge < -0.3 is 8.83 Å². The molecule has 0 spiro atoms. The van der Waals surface area contributed by atoms with E-state index in [2.05, 4.69) is 176 Å². The van der Waals surface area contributed by atoms with E-state index in [0.29, 0.717) is 0 Å². The lowest BCUT2D eigenvalue weighted by molar-refractivity contribution is 0.633. The van der Waals surface area contributed by atoms with Gasteiger partial charge in [0.05, 0.1) is 0 Å². The largest absolute Gasteiger partial charge is 0.452 e. The van der Waals surface area contributed by atoms with E-state index in [4.69, 9.17) is 8.83 Å². The smallest absolute Gasteiger partial charge is 0.178 e. The van der Waals surface area contributed by atoms with Gasteiger partial charge in [0.2, 0.25) is 0 Å². The van der Waals surface area contributed by atoms with Crippen molar-refractivity contribution < 1.29 is 8.83 Å². The van der Waals surface area contributed by atoms with Gasteiger partial charge in [0.15, 0.2) is 11.2 Å². The van der Waals surface area contributed by atoms with E-state index in [1.54, 1.807) is 0 Å². The average molecular weight is 713 g/mol. The molecular formula is C54H32O2. The van der Waals surface area contributed by atoms with E-state index in [1.807, 2.05) is 18.2 Å². The summed E-state index contributed by atoms with van der Waals surface area (Å²) in [6.07, 6.45) is 0. The van der Waals surface area contributed by atoms with Gasteiger partial charge >= 0.3 is 0 Å². The zero-order chi connectivity index (χ0) is 36.7. The van der Waals surface area contributed by atoms with Crippen molar-refractivity contribution in [1.29, 1.82) is 0 Å². The average Bonchev–Trinajstić information content (AvgIpc) is 3.84. The van der Waals surface area contributed by atoms with Gasteiger partial charge in [-0.3, -0.25) is 0 Å². The molecule has 12 rings (SSSR count). The molecule has 2 heterocycles. The highest BCUT2D eigenvalue weighted by Crippen LogP contribution is 2.46. The second-order valence-corrected chi connectivity index (χ2v) is 14.8. The van der Waals surface area contributed by atoms with Gasteiger partial charge in [-0.15, -0.1) is 0 Å². The highest BCUT2D eigenvalue weighted by Gasteiger charge is 2.19. The lowest BCUT2D eigenvalue weighted by atomic mass is 9.85. The molecule has 0 atom stereocenters. The van der Waals surface area contributed by atoms with E-state index in [9.17, 15) is 0 Å². The van der Waals surface area contributed by atoms with Crippen LogP contribution in [0.4, 0.5) is 0 Å². The predicted octanol–water partition coefficient (Wildman–Crippen LogP) is 15.6. The molecule has 2 nitrogen and oxygen atoms in total. The minimum absolute atomic E-state index is 0.792. The maximum absolute atomic E-state index is 6.48. The Morgan fingerprint density at radius 1 is 0.250 bits per heavy atom. The maximum atomic E-state index is 6.48. The number of hydrogen-bond acceptors (Lipinski definition) is 2. The zero-order valence-corrected chi connectivity index (χ0v) is 30.3. The molecule has 0 aliphatic rings. The molecule has 10 aromatic carbocycles. The first kappa shape index (κ1) is 31.0. The maximum Gasteiger partial charge on any atom is 0.178 e. The van der Waals surface area contributed by atoms with Crippen LogP contribution in [0, 0.1) is 0 Å². The molecule has 0 bridgehead atoms. The van der Waals surface area contributed by atoms with Crippen molar-refractivity contribution in [2.45, 2.75) is 0 Å². The Morgan fingerprint density at radius 3 is 1.39 bits per heavy atom. The molecule has 0 aliphatic heterocycles. The number of benzene rings is 10. The summed E-state index contributed by atoms with van der Waals surface area (Å²) in [5.41, 5.74) is 13.0. The summed E-state index contributed by atoms with van der Waals surface area (Å²) in [4.78, 5) is 0.